The second-order valence-electron chi connectivity index (χ2n) is 6.24. The van der Waals surface area contributed by atoms with Gasteiger partial charge in [0.15, 0.2) is 11.5 Å². The Labute approximate surface area is 194 Å². The Morgan fingerprint density at radius 1 is 0.900 bits per heavy atom. The summed E-state index contributed by atoms with van der Waals surface area (Å²) in [5.41, 5.74) is 2.02. The molecule has 7 heteroatoms. The predicted octanol–water partition coefficient (Wildman–Crippen LogP) is 7.78. The second kappa shape index (κ2) is 10.2. The smallest absolute Gasteiger partial charge is 0.185 e. The molecule has 0 radical (unpaired) electrons. The fourth-order valence-electron chi connectivity index (χ4n) is 2.70. The molecule has 30 heavy (non-hydrogen) atoms. The number of ether oxygens (including phenoxy) is 2. The number of halogens is 4. The third-order valence-electron chi connectivity index (χ3n) is 4.23. The monoisotopic (exact) mass is 480 g/mol. The van der Waals surface area contributed by atoms with Crippen molar-refractivity contribution < 1.29 is 14.3 Å². The van der Waals surface area contributed by atoms with E-state index in [1.807, 2.05) is 12.1 Å². The Kier molecular flexibility index (Phi) is 7.68. The molecule has 0 aliphatic carbocycles. The van der Waals surface area contributed by atoms with Gasteiger partial charge in [-0.2, -0.15) is 0 Å². The Hall–Kier alpha value is -2.17. The fraction of sp³-hybridized carbons (Fsp3) is 0.0870. The highest BCUT2D eigenvalue weighted by molar-refractivity contribution is 6.42. The normalized spacial score (nSPS) is 11.0. The van der Waals surface area contributed by atoms with Crippen molar-refractivity contribution in [3.05, 3.63) is 97.5 Å². The van der Waals surface area contributed by atoms with E-state index in [0.717, 1.165) is 11.1 Å². The minimum absolute atomic E-state index is 0.190. The van der Waals surface area contributed by atoms with Gasteiger partial charge in [-0.25, -0.2) is 0 Å². The van der Waals surface area contributed by atoms with E-state index in [-0.39, 0.29) is 12.4 Å². The summed E-state index contributed by atoms with van der Waals surface area (Å²) >= 11 is 24.2. The van der Waals surface area contributed by atoms with Crippen LogP contribution >= 0.6 is 46.4 Å². The maximum absolute atomic E-state index is 12.4. The number of carbonyl (C=O) groups excluding carboxylic acids is 1. The highest BCUT2D eigenvalue weighted by Crippen LogP contribution is 2.34. The summed E-state index contributed by atoms with van der Waals surface area (Å²) in [6, 6.07) is 15.4. The molecule has 0 saturated heterocycles. The van der Waals surface area contributed by atoms with Crippen LogP contribution in [0.2, 0.25) is 20.1 Å². The van der Waals surface area contributed by atoms with Crippen LogP contribution in [-0.2, 0) is 6.61 Å². The van der Waals surface area contributed by atoms with Gasteiger partial charge in [-0.05, 0) is 54.1 Å². The summed E-state index contributed by atoms with van der Waals surface area (Å²) in [5.74, 6) is 0.856. The molecule has 0 aliphatic heterocycles. The molecule has 0 bridgehead atoms. The van der Waals surface area contributed by atoms with Crippen molar-refractivity contribution in [3.8, 4) is 11.5 Å². The molecule has 0 atom stereocenters. The van der Waals surface area contributed by atoms with Crippen LogP contribution in [0.3, 0.4) is 0 Å². The minimum Gasteiger partial charge on any atom is -0.496 e. The van der Waals surface area contributed by atoms with Gasteiger partial charge in [0, 0.05) is 11.1 Å². The number of methoxy groups -OCH3 is 1. The lowest BCUT2D eigenvalue weighted by atomic mass is 10.1. The van der Waals surface area contributed by atoms with Crippen LogP contribution in [0.15, 0.2) is 60.7 Å². The number of allylic oxidation sites excluding steroid dienone is 1. The molecule has 0 aliphatic rings. The van der Waals surface area contributed by atoms with E-state index in [1.54, 1.807) is 49.6 Å². The molecule has 0 spiro atoms. The first-order chi connectivity index (χ1) is 14.4. The zero-order valence-electron chi connectivity index (χ0n) is 15.8. The van der Waals surface area contributed by atoms with E-state index in [2.05, 4.69) is 0 Å². The molecule has 0 saturated carbocycles. The number of para-hydroxylation sites is 1. The standard InChI is InChI=1S/C23H16Cl4O3/c1-29-22-10-6-14(5-9-21(28)15-7-8-17(24)20(27)12-15)11-16(22)13-30-23-18(25)3-2-4-19(23)26/h2-12H,13H2,1H3/b9-5+. The van der Waals surface area contributed by atoms with Crippen LogP contribution in [0, 0.1) is 0 Å². The molecule has 0 N–H and O–H groups in total. The molecular weight excluding hydrogens is 466 g/mol. The molecule has 0 heterocycles. The third kappa shape index (κ3) is 5.50. The number of hydrogen-bond acceptors (Lipinski definition) is 3. The second-order valence-corrected chi connectivity index (χ2v) is 7.87. The maximum atomic E-state index is 12.4. The largest absolute Gasteiger partial charge is 0.496 e. The molecule has 154 valence electrons. The van der Waals surface area contributed by atoms with Crippen LogP contribution < -0.4 is 9.47 Å². The van der Waals surface area contributed by atoms with Crippen molar-refractivity contribution in [3.63, 3.8) is 0 Å². The average molecular weight is 482 g/mol. The van der Waals surface area contributed by atoms with E-state index in [1.165, 1.54) is 12.1 Å². The number of ketones is 1. The quantitative estimate of drug-likeness (QED) is 0.255. The highest BCUT2D eigenvalue weighted by atomic mass is 35.5. The van der Waals surface area contributed by atoms with Gasteiger partial charge in [-0.15, -0.1) is 0 Å². The Morgan fingerprint density at radius 2 is 1.63 bits per heavy atom. The van der Waals surface area contributed by atoms with Gasteiger partial charge in [0.05, 0.1) is 27.2 Å². The molecule has 3 rings (SSSR count). The molecule has 3 aromatic carbocycles. The fourth-order valence-corrected chi connectivity index (χ4v) is 3.51. The number of carbonyl (C=O) groups is 1. The lowest BCUT2D eigenvalue weighted by molar-refractivity contribution is 0.104. The Bertz CT molecular complexity index is 1090. The molecule has 0 unspecified atom stereocenters. The summed E-state index contributed by atoms with van der Waals surface area (Å²) in [6.07, 6.45) is 3.17. The van der Waals surface area contributed by atoms with Crippen molar-refractivity contribution in [1.29, 1.82) is 0 Å². The number of hydrogen-bond donors (Lipinski definition) is 0. The Balaban J connectivity index is 1.79. The van der Waals surface area contributed by atoms with Crippen molar-refractivity contribution >= 4 is 58.3 Å². The summed E-state index contributed by atoms with van der Waals surface area (Å²) in [7, 11) is 1.57. The van der Waals surface area contributed by atoms with Gasteiger partial charge < -0.3 is 9.47 Å². The summed E-state index contributed by atoms with van der Waals surface area (Å²) in [6.45, 7) is 0.190. The summed E-state index contributed by atoms with van der Waals surface area (Å²) < 4.78 is 11.2. The van der Waals surface area contributed by atoms with E-state index >= 15 is 0 Å². The van der Waals surface area contributed by atoms with Crippen LogP contribution in [0.25, 0.3) is 6.08 Å². The topological polar surface area (TPSA) is 35.5 Å². The van der Waals surface area contributed by atoms with E-state index in [0.29, 0.717) is 37.2 Å². The minimum atomic E-state index is -0.190. The first kappa shape index (κ1) is 22.5. The van der Waals surface area contributed by atoms with Crippen LogP contribution in [0.4, 0.5) is 0 Å². The SMILES string of the molecule is COc1ccc(/C=C/C(=O)c2ccc(Cl)c(Cl)c2)cc1COc1c(Cl)cccc1Cl. The Morgan fingerprint density at radius 3 is 2.30 bits per heavy atom. The molecule has 0 fully saturated rings. The van der Waals surface area contributed by atoms with E-state index < -0.39 is 0 Å². The molecule has 3 nitrogen and oxygen atoms in total. The highest BCUT2D eigenvalue weighted by Gasteiger charge is 2.10. The number of benzene rings is 3. The molecule has 0 aromatic heterocycles. The van der Waals surface area contributed by atoms with Gasteiger partial charge in [0.2, 0.25) is 0 Å². The van der Waals surface area contributed by atoms with E-state index in [4.69, 9.17) is 55.9 Å². The van der Waals surface area contributed by atoms with Gasteiger partial charge in [-0.1, -0.05) is 64.6 Å². The van der Waals surface area contributed by atoms with Gasteiger partial charge in [0.1, 0.15) is 12.4 Å². The van der Waals surface area contributed by atoms with Crippen molar-refractivity contribution in [2.75, 3.05) is 7.11 Å². The lowest BCUT2D eigenvalue weighted by Gasteiger charge is -2.13. The summed E-state index contributed by atoms with van der Waals surface area (Å²) in [4.78, 5) is 12.4. The summed E-state index contributed by atoms with van der Waals surface area (Å²) in [5, 5.41) is 1.57. The lowest BCUT2D eigenvalue weighted by Crippen LogP contribution is -2.00. The average Bonchev–Trinajstić information content (AvgIpc) is 2.73. The van der Waals surface area contributed by atoms with Crippen LogP contribution in [0.1, 0.15) is 21.5 Å². The van der Waals surface area contributed by atoms with Crippen molar-refractivity contribution in [1.82, 2.24) is 0 Å². The molecule has 3 aromatic rings. The number of rotatable bonds is 7. The third-order valence-corrected chi connectivity index (χ3v) is 5.56. The van der Waals surface area contributed by atoms with Crippen LogP contribution in [0.5, 0.6) is 11.5 Å². The molecule has 0 amide bonds. The van der Waals surface area contributed by atoms with Gasteiger partial charge in [-0.3, -0.25) is 4.79 Å². The zero-order valence-corrected chi connectivity index (χ0v) is 18.8. The zero-order chi connectivity index (χ0) is 21.7. The first-order valence-electron chi connectivity index (χ1n) is 8.80. The maximum Gasteiger partial charge on any atom is 0.185 e. The first-order valence-corrected chi connectivity index (χ1v) is 10.3. The van der Waals surface area contributed by atoms with Crippen LogP contribution in [-0.4, -0.2) is 12.9 Å². The van der Waals surface area contributed by atoms with E-state index in [9.17, 15) is 4.79 Å². The predicted molar refractivity (Wildman–Crippen MR) is 124 cm³/mol. The van der Waals surface area contributed by atoms with Crippen molar-refractivity contribution in [2.24, 2.45) is 0 Å². The van der Waals surface area contributed by atoms with Crippen molar-refractivity contribution in [2.45, 2.75) is 6.61 Å². The van der Waals surface area contributed by atoms with Gasteiger partial charge in [0.25, 0.3) is 0 Å². The molecular formula is C23H16Cl4O3. The van der Waals surface area contributed by atoms with Gasteiger partial charge >= 0.3 is 0 Å².